The maximum atomic E-state index is 9.85. The molecule has 1 aromatic carbocycles. The fourth-order valence-corrected chi connectivity index (χ4v) is 2.21. The molecular weight excluding hydrogens is 260 g/mol. The van der Waals surface area contributed by atoms with E-state index in [1.54, 1.807) is 7.11 Å². The monoisotopic (exact) mass is 288 g/mol. The molecule has 0 fully saturated rings. The molecular formula is C19H28O2. The Morgan fingerprint density at radius 3 is 2.24 bits per heavy atom. The Labute approximate surface area is 129 Å². The Morgan fingerprint density at radius 2 is 1.62 bits per heavy atom. The highest BCUT2D eigenvalue weighted by Gasteiger charge is 1.99. The van der Waals surface area contributed by atoms with Gasteiger partial charge in [-0.15, -0.1) is 0 Å². The van der Waals surface area contributed by atoms with E-state index >= 15 is 0 Å². The van der Waals surface area contributed by atoms with E-state index in [1.165, 1.54) is 38.5 Å². The first kappa shape index (κ1) is 17.6. The predicted octanol–water partition coefficient (Wildman–Crippen LogP) is 4.55. The van der Waals surface area contributed by atoms with E-state index in [0.717, 1.165) is 24.2 Å². The van der Waals surface area contributed by atoms with Gasteiger partial charge < -0.3 is 9.84 Å². The van der Waals surface area contributed by atoms with Crippen molar-refractivity contribution in [3.05, 3.63) is 29.8 Å². The van der Waals surface area contributed by atoms with Crippen molar-refractivity contribution >= 4 is 0 Å². The molecule has 1 rings (SSSR count). The van der Waals surface area contributed by atoms with Gasteiger partial charge in [0.2, 0.25) is 0 Å². The second kappa shape index (κ2) is 11.2. The van der Waals surface area contributed by atoms with E-state index in [9.17, 15) is 5.11 Å². The van der Waals surface area contributed by atoms with Gasteiger partial charge in [0.05, 0.1) is 7.11 Å². The zero-order valence-corrected chi connectivity index (χ0v) is 13.4. The molecule has 116 valence electrons. The number of hydrogen-bond acceptors (Lipinski definition) is 2. The highest BCUT2D eigenvalue weighted by molar-refractivity contribution is 5.38. The lowest BCUT2D eigenvalue weighted by molar-refractivity contribution is 0.217. The van der Waals surface area contributed by atoms with Gasteiger partial charge in [-0.2, -0.15) is 0 Å². The first-order chi connectivity index (χ1) is 10.3. The van der Waals surface area contributed by atoms with Gasteiger partial charge in [-0.25, -0.2) is 0 Å². The lowest BCUT2D eigenvalue weighted by Crippen LogP contribution is -2.02. The van der Waals surface area contributed by atoms with Gasteiger partial charge in [0.1, 0.15) is 11.9 Å². The summed E-state index contributed by atoms with van der Waals surface area (Å²) in [5, 5.41) is 9.85. The minimum Gasteiger partial charge on any atom is -0.497 e. The van der Waals surface area contributed by atoms with Crippen LogP contribution in [0.3, 0.4) is 0 Å². The van der Waals surface area contributed by atoms with E-state index in [4.69, 9.17) is 4.74 Å². The highest BCUT2D eigenvalue weighted by atomic mass is 16.5. The zero-order chi connectivity index (χ0) is 15.3. The van der Waals surface area contributed by atoms with Crippen molar-refractivity contribution in [3.8, 4) is 17.6 Å². The molecule has 0 aromatic heterocycles. The average Bonchev–Trinajstić information content (AvgIpc) is 2.52. The quantitative estimate of drug-likeness (QED) is 0.533. The smallest absolute Gasteiger partial charge is 0.118 e. The molecule has 0 saturated carbocycles. The summed E-state index contributed by atoms with van der Waals surface area (Å²) in [6.45, 7) is 2.23. The third-order valence-electron chi connectivity index (χ3n) is 3.55. The van der Waals surface area contributed by atoms with Gasteiger partial charge in [-0.05, 0) is 37.1 Å². The van der Waals surface area contributed by atoms with Crippen molar-refractivity contribution in [1.29, 1.82) is 0 Å². The molecule has 0 aliphatic rings. The third kappa shape index (κ3) is 8.42. The van der Waals surface area contributed by atoms with Crippen LogP contribution in [0.1, 0.15) is 63.9 Å². The molecule has 2 heteroatoms. The summed E-state index contributed by atoms with van der Waals surface area (Å²) in [7, 11) is 1.65. The van der Waals surface area contributed by atoms with Crippen molar-refractivity contribution in [2.45, 2.75) is 64.4 Å². The lowest BCUT2D eigenvalue weighted by Gasteiger charge is -2.03. The molecule has 1 atom stereocenters. The number of rotatable bonds is 9. The van der Waals surface area contributed by atoms with Crippen molar-refractivity contribution in [2.24, 2.45) is 0 Å². The summed E-state index contributed by atoms with van der Waals surface area (Å²) >= 11 is 0. The van der Waals surface area contributed by atoms with E-state index in [-0.39, 0.29) is 0 Å². The van der Waals surface area contributed by atoms with Gasteiger partial charge in [0.25, 0.3) is 0 Å². The van der Waals surface area contributed by atoms with Crippen LogP contribution in [0.15, 0.2) is 24.3 Å². The maximum absolute atomic E-state index is 9.85. The summed E-state index contributed by atoms with van der Waals surface area (Å²) in [5.41, 5.74) is 0.911. The maximum Gasteiger partial charge on any atom is 0.118 e. The normalized spacial score (nSPS) is 11.6. The molecule has 2 nitrogen and oxygen atoms in total. The number of aliphatic hydroxyl groups excluding tert-OH is 1. The molecule has 0 heterocycles. The summed E-state index contributed by atoms with van der Waals surface area (Å²) in [4.78, 5) is 0. The first-order valence-corrected chi connectivity index (χ1v) is 8.10. The number of methoxy groups -OCH3 is 1. The Hall–Kier alpha value is -1.46. The largest absolute Gasteiger partial charge is 0.497 e. The zero-order valence-electron chi connectivity index (χ0n) is 13.4. The Kier molecular flexibility index (Phi) is 9.40. The topological polar surface area (TPSA) is 29.5 Å². The first-order valence-electron chi connectivity index (χ1n) is 8.10. The number of benzene rings is 1. The molecule has 0 amide bonds. The number of unbranched alkanes of at least 4 members (excludes halogenated alkanes) is 6. The fourth-order valence-electron chi connectivity index (χ4n) is 2.21. The lowest BCUT2D eigenvalue weighted by atomic mass is 10.1. The molecule has 0 aliphatic carbocycles. The molecule has 0 spiro atoms. The second-order valence-electron chi connectivity index (χ2n) is 5.42. The van der Waals surface area contributed by atoms with E-state index in [2.05, 4.69) is 18.8 Å². The minimum atomic E-state index is -0.511. The van der Waals surface area contributed by atoms with Gasteiger partial charge in [-0.1, -0.05) is 57.3 Å². The molecule has 21 heavy (non-hydrogen) atoms. The van der Waals surface area contributed by atoms with Crippen LogP contribution in [0.4, 0.5) is 0 Å². The number of ether oxygens (including phenoxy) is 1. The van der Waals surface area contributed by atoms with Crippen molar-refractivity contribution in [1.82, 2.24) is 0 Å². The van der Waals surface area contributed by atoms with Gasteiger partial charge >= 0.3 is 0 Å². The summed E-state index contributed by atoms with van der Waals surface area (Å²) in [6.07, 6.45) is 9.10. The van der Waals surface area contributed by atoms with Crippen LogP contribution in [0.5, 0.6) is 5.75 Å². The molecule has 1 unspecified atom stereocenters. The van der Waals surface area contributed by atoms with Gasteiger partial charge in [0.15, 0.2) is 0 Å². The average molecular weight is 288 g/mol. The van der Waals surface area contributed by atoms with Crippen LogP contribution in [0, 0.1) is 11.8 Å². The minimum absolute atomic E-state index is 0.511. The van der Waals surface area contributed by atoms with Gasteiger partial charge in [0, 0.05) is 5.56 Å². The molecule has 1 N–H and O–H groups in total. The van der Waals surface area contributed by atoms with Crippen LogP contribution in [0.2, 0.25) is 0 Å². The summed E-state index contributed by atoms with van der Waals surface area (Å²) < 4.78 is 5.10. The highest BCUT2D eigenvalue weighted by Crippen LogP contribution is 2.11. The molecule has 0 saturated heterocycles. The molecule has 0 aliphatic heterocycles. The summed E-state index contributed by atoms with van der Waals surface area (Å²) in [6, 6.07) is 7.58. The standard InChI is InChI=1S/C19H28O2/c1-3-4-5-6-7-8-9-10-18(20)14-11-17-12-15-19(21-2)16-13-17/h12-13,15-16,18,20H,3-10H2,1-2H3. The van der Waals surface area contributed by atoms with Crippen LogP contribution in [-0.4, -0.2) is 18.3 Å². The van der Waals surface area contributed by atoms with Crippen LogP contribution < -0.4 is 4.74 Å². The van der Waals surface area contributed by atoms with E-state index in [0.29, 0.717) is 0 Å². The molecule has 0 bridgehead atoms. The fraction of sp³-hybridized carbons (Fsp3) is 0.579. The summed E-state index contributed by atoms with van der Waals surface area (Å²) in [5.74, 6) is 6.74. The Balaban J connectivity index is 2.18. The van der Waals surface area contributed by atoms with Crippen molar-refractivity contribution in [2.75, 3.05) is 7.11 Å². The van der Waals surface area contributed by atoms with Crippen LogP contribution in [-0.2, 0) is 0 Å². The molecule has 0 radical (unpaired) electrons. The second-order valence-corrected chi connectivity index (χ2v) is 5.42. The van der Waals surface area contributed by atoms with Crippen LogP contribution >= 0.6 is 0 Å². The van der Waals surface area contributed by atoms with E-state index in [1.807, 2.05) is 24.3 Å². The Morgan fingerprint density at radius 1 is 1.00 bits per heavy atom. The number of aliphatic hydroxyl groups is 1. The SMILES string of the molecule is CCCCCCCCCC(O)C#Cc1ccc(OC)cc1. The number of hydrogen-bond donors (Lipinski definition) is 1. The van der Waals surface area contributed by atoms with Crippen molar-refractivity contribution in [3.63, 3.8) is 0 Å². The third-order valence-corrected chi connectivity index (χ3v) is 3.55. The van der Waals surface area contributed by atoms with E-state index < -0.39 is 6.10 Å². The van der Waals surface area contributed by atoms with Gasteiger partial charge in [-0.3, -0.25) is 0 Å². The predicted molar refractivity (Wildman–Crippen MR) is 88.5 cm³/mol. The van der Waals surface area contributed by atoms with Crippen molar-refractivity contribution < 1.29 is 9.84 Å². The molecule has 1 aromatic rings. The Bertz CT molecular complexity index is 425. The van der Waals surface area contributed by atoms with Crippen LogP contribution in [0.25, 0.3) is 0 Å².